The molecular formula is C10H5Na2O5S+. The Kier molecular flexibility index (Phi) is 6.66. The summed E-state index contributed by atoms with van der Waals surface area (Å²) in [6.07, 6.45) is 0.576. The molecule has 0 N–H and O–H groups in total. The molecule has 0 saturated carbocycles. The fraction of sp³-hybridized carbons (Fsp3) is 0. The molecule has 0 heterocycles. The SMILES string of the molecule is O=C1C=C(S(=O)(=O)[O-])c2ccccc2C1=O.[Na+].[Na+]. The number of allylic oxidation sites excluding steroid dienone is 1. The molecule has 1 aromatic carbocycles. The summed E-state index contributed by atoms with van der Waals surface area (Å²) >= 11 is 0. The molecule has 82 valence electrons. The average molecular weight is 283 g/mol. The summed E-state index contributed by atoms with van der Waals surface area (Å²) < 4.78 is 32.7. The Balaban J connectivity index is 0.00000144. The van der Waals surface area contributed by atoms with Gasteiger partial charge in [-0.15, -0.1) is 0 Å². The molecule has 0 atom stereocenters. The smallest absolute Gasteiger partial charge is 0.744 e. The zero-order chi connectivity index (χ0) is 11.9. The third-order valence-electron chi connectivity index (χ3n) is 2.19. The first kappa shape index (κ1) is 18.2. The van der Waals surface area contributed by atoms with Gasteiger partial charge < -0.3 is 4.55 Å². The van der Waals surface area contributed by atoms with Crippen LogP contribution in [0.4, 0.5) is 0 Å². The van der Waals surface area contributed by atoms with Gasteiger partial charge in [0.05, 0.1) is 4.91 Å². The van der Waals surface area contributed by atoms with Crippen LogP contribution >= 0.6 is 0 Å². The maximum atomic E-state index is 11.4. The molecule has 18 heavy (non-hydrogen) atoms. The largest absolute Gasteiger partial charge is 1.00 e. The van der Waals surface area contributed by atoms with Crippen molar-refractivity contribution >= 4 is 26.6 Å². The first-order valence-corrected chi connectivity index (χ1v) is 5.68. The fourth-order valence-corrected chi connectivity index (χ4v) is 2.20. The standard InChI is InChI=1S/C10H6O5S.2Na/c11-8-5-9(16(13,14)15)6-3-1-2-4-7(6)10(8)12;;/h1-5H,(H,13,14,15);;/q;2*+1/p-1. The van der Waals surface area contributed by atoms with Crippen LogP contribution in [-0.2, 0) is 14.9 Å². The van der Waals surface area contributed by atoms with Crippen molar-refractivity contribution in [1.29, 1.82) is 0 Å². The maximum Gasteiger partial charge on any atom is 1.00 e. The molecule has 0 bridgehead atoms. The number of fused-ring (bicyclic) bond motifs is 1. The van der Waals surface area contributed by atoms with Crippen molar-refractivity contribution in [2.24, 2.45) is 0 Å². The van der Waals surface area contributed by atoms with Crippen molar-refractivity contribution in [3.8, 4) is 0 Å². The van der Waals surface area contributed by atoms with Crippen LogP contribution in [0.5, 0.6) is 0 Å². The van der Waals surface area contributed by atoms with E-state index in [-0.39, 0.29) is 70.2 Å². The van der Waals surface area contributed by atoms with E-state index in [1.807, 2.05) is 0 Å². The van der Waals surface area contributed by atoms with Crippen LogP contribution in [-0.4, -0.2) is 24.5 Å². The van der Waals surface area contributed by atoms with Crippen molar-refractivity contribution in [1.82, 2.24) is 0 Å². The average Bonchev–Trinajstić information content (AvgIpc) is 2.22. The second-order valence-corrected chi connectivity index (χ2v) is 4.55. The molecule has 0 aliphatic heterocycles. The van der Waals surface area contributed by atoms with E-state index in [0.29, 0.717) is 6.08 Å². The van der Waals surface area contributed by atoms with Gasteiger partial charge in [-0.2, -0.15) is 0 Å². The number of carbonyl (C=O) groups is 2. The van der Waals surface area contributed by atoms with Gasteiger partial charge in [0.1, 0.15) is 10.1 Å². The molecule has 0 fully saturated rings. The summed E-state index contributed by atoms with van der Waals surface area (Å²) in [5, 5.41) is 0. The molecule has 0 aromatic heterocycles. The zero-order valence-corrected chi connectivity index (χ0v) is 14.7. The van der Waals surface area contributed by atoms with E-state index in [1.54, 1.807) is 0 Å². The minimum Gasteiger partial charge on any atom is -0.744 e. The van der Waals surface area contributed by atoms with Crippen molar-refractivity contribution < 1.29 is 81.7 Å². The molecule has 0 spiro atoms. The van der Waals surface area contributed by atoms with E-state index in [9.17, 15) is 22.6 Å². The Morgan fingerprint density at radius 2 is 1.44 bits per heavy atom. The van der Waals surface area contributed by atoms with Crippen molar-refractivity contribution in [3.05, 3.63) is 41.5 Å². The molecule has 5 nitrogen and oxygen atoms in total. The molecule has 2 rings (SSSR count). The molecule has 0 unspecified atom stereocenters. The molecule has 1 aliphatic rings. The van der Waals surface area contributed by atoms with Gasteiger partial charge in [-0.3, -0.25) is 9.59 Å². The van der Waals surface area contributed by atoms with Gasteiger partial charge in [0.25, 0.3) is 0 Å². The van der Waals surface area contributed by atoms with Gasteiger partial charge in [0, 0.05) is 17.2 Å². The summed E-state index contributed by atoms with van der Waals surface area (Å²) in [7, 11) is -4.76. The van der Waals surface area contributed by atoms with E-state index < -0.39 is 26.6 Å². The fourth-order valence-electron chi connectivity index (χ4n) is 1.50. The molecule has 1 aromatic rings. The molecular weight excluding hydrogens is 278 g/mol. The molecule has 0 amide bonds. The van der Waals surface area contributed by atoms with E-state index in [2.05, 4.69) is 0 Å². The van der Waals surface area contributed by atoms with E-state index in [1.165, 1.54) is 24.3 Å². The minimum atomic E-state index is -4.76. The normalized spacial score (nSPS) is 13.9. The number of rotatable bonds is 1. The summed E-state index contributed by atoms with van der Waals surface area (Å²) in [4.78, 5) is 21.9. The Hall–Kier alpha value is 0.210. The number of ketones is 2. The molecule has 8 heteroatoms. The summed E-state index contributed by atoms with van der Waals surface area (Å²) in [5.74, 6) is -1.80. The van der Waals surface area contributed by atoms with Crippen LogP contribution < -0.4 is 59.1 Å². The number of benzene rings is 1. The van der Waals surface area contributed by atoms with Crippen molar-refractivity contribution in [2.75, 3.05) is 0 Å². The van der Waals surface area contributed by atoms with Crippen LogP contribution in [0.15, 0.2) is 30.3 Å². The Bertz CT molecular complexity index is 633. The Morgan fingerprint density at radius 3 is 1.94 bits per heavy atom. The third kappa shape index (κ3) is 3.40. The number of carbonyl (C=O) groups excluding carboxylic acids is 2. The first-order valence-electron chi connectivity index (χ1n) is 4.27. The van der Waals surface area contributed by atoms with Crippen molar-refractivity contribution in [3.63, 3.8) is 0 Å². The van der Waals surface area contributed by atoms with E-state index >= 15 is 0 Å². The summed E-state index contributed by atoms with van der Waals surface area (Å²) in [6.45, 7) is 0. The minimum absolute atomic E-state index is 0. The van der Waals surface area contributed by atoms with Crippen LogP contribution in [0.3, 0.4) is 0 Å². The summed E-state index contributed by atoms with van der Waals surface area (Å²) in [6, 6.07) is 5.61. The number of hydrogen-bond acceptors (Lipinski definition) is 5. The molecule has 0 radical (unpaired) electrons. The van der Waals surface area contributed by atoms with Gasteiger partial charge >= 0.3 is 59.1 Å². The zero-order valence-electron chi connectivity index (χ0n) is 9.84. The van der Waals surface area contributed by atoms with Crippen LogP contribution in [0.1, 0.15) is 15.9 Å². The van der Waals surface area contributed by atoms with Crippen LogP contribution in [0.2, 0.25) is 0 Å². The molecule has 1 aliphatic carbocycles. The Morgan fingerprint density at radius 1 is 0.944 bits per heavy atom. The predicted molar refractivity (Wildman–Crippen MR) is 53.5 cm³/mol. The Labute approximate surface area is 148 Å². The quantitative estimate of drug-likeness (QED) is 0.291. The number of Topliss-reactive ketones (excluding diaryl/α,β-unsaturated/α-hetero) is 1. The maximum absolute atomic E-state index is 11.4. The second kappa shape index (κ2) is 6.58. The summed E-state index contributed by atoms with van der Waals surface area (Å²) in [5.41, 5.74) is -0.0634. The van der Waals surface area contributed by atoms with E-state index in [0.717, 1.165) is 0 Å². The monoisotopic (exact) mass is 283 g/mol. The topological polar surface area (TPSA) is 91.3 Å². The molecule has 0 saturated heterocycles. The van der Waals surface area contributed by atoms with Gasteiger partial charge in [-0.1, -0.05) is 24.3 Å². The van der Waals surface area contributed by atoms with Gasteiger partial charge in [0.2, 0.25) is 11.6 Å². The van der Waals surface area contributed by atoms with Gasteiger partial charge in [-0.25, -0.2) is 8.42 Å². The van der Waals surface area contributed by atoms with Crippen LogP contribution in [0, 0.1) is 0 Å². The van der Waals surface area contributed by atoms with Crippen molar-refractivity contribution in [2.45, 2.75) is 0 Å². The van der Waals surface area contributed by atoms with Gasteiger partial charge in [0.15, 0.2) is 0 Å². The third-order valence-corrected chi connectivity index (χ3v) is 3.07. The van der Waals surface area contributed by atoms with Crippen LogP contribution in [0.25, 0.3) is 4.91 Å². The van der Waals surface area contributed by atoms with E-state index in [4.69, 9.17) is 0 Å². The van der Waals surface area contributed by atoms with Gasteiger partial charge in [-0.05, 0) is 0 Å². The number of hydrogen-bond donors (Lipinski definition) is 0. The first-order chi connectivity index (χ1) is 7.41. The predicted octanol–water partition coefficient (Wildman–Crippen LogP) is -5.65. The second-order valence-electron chi connectivity index (χ2n) is 3.20.